The molecule has 7 heteroatoms. The van der Waals surface area contributed by atoms with Gasteiger partial charge in [0.05, 0.1) is 22.9 Å². The summed E-state index contributed by atoms with van der Waals surface area (Å²) in [6.07, 6.45) is 1.63. The van der Waals surface area contributed by atoms with Crippen molar-refractivity contribution in [3.05, 3.63) is 55.7 Å². The number of anilines is 1. The summed E-state index contributed by atoms with van der Waals surface area (Å²) < 4.78 is 28.1. The third-order valence-corrected chi connectivity index (χ3v) is 3.74. The fourth-order valence-corrected chi connectivity index (χ4v) is 2.85. The lowest BCUT2D eigenvalue weighted by Crippen LogP contribution is -2.05. The summed E-state index contributed by atoms with van der Waals surface area (Å²) in [5.74, 6) is -1.45. The molecule has 0 fully saturated rings. The summed E-state index contributed by atoms with van der Waals surface area (Å²) in [7, 11) is 0. The highest BCUT2D eigenvalue weighted by Gasteiger charge is 2.11. The van der Waals surface area contributed by atoms with E-state index in [0.717, 1.165) is 21.1 Å². The maximum absolute atomic E-state index is 13.6. The van der Waals surface area contributed by atoms with Crippen molar-refractivity contribution in [2.24, 2.45) is 0 Å². The lowest BCUT2D eigenvalue weighted by Gasteiger charge is -2.10. The minimum atomic E-state index is -0.738. The monoisotopic (exact) mass is 410 g/mol. The fraction of sp³-hybridized carbons (Fsp3) is 0.0833. The van der Waals surface area contributed by atoms with Gasteiger partial charge in [0.1, 0.15) is 5.82 Å². The van der Waals surface area contributed by atoms with E-state index >= 15 is 0 Å². The predicted molar refractivity (Wildman–Crippen MR) is 78.3 cm³/mol. The average molecular weight is 412 g/mol. The van der Waals surface area contributed by atoms with Gasteiger partial charge in [-0.2, -0.15) is 0 Å². The van der Waals surface area contributed by atoms with Crippen LogP contribution in [0, 0.1) is 11.6 Å². The number of nitrogens with one attached hydrogen (secondary N) is 1. The fourth-order valence-electron chi connectivity index (χ4n) is 1.46. The predicted octanol–water partition coefficient (Wildman–Crippen LogP) is 5.15. The molecule has 2 nitrogen and oxygen atoms in total. The van der Waals surface area contributed by atoms with E-state index in [2.05, 4.69) is 42.2 Å². The number of hydrogen-bond acceptors (Lipinski definition) is 2. The number of aromatic nitrogens is 1. The molecule has 100 valence electrons. The molecule has 1 heterocycles. The van der Waals surface area contributed by atoms with Crippen LogP contribution in [-0.4, -0.2) is 4.98 Å². The van der Waals surface area contributed by atoms with Gasteiger partial charge in [-0.05, 0) is 44.0 Å². The molecule has 0 saturated carbocycles. The van der Waals surface area contributed by atoms with Crippen LogP contribution in [0.3, 0.4) is 0 Å². The third kappa shape index (κ3) is 3.64. The van der Waals surface area contributed by atoms with Crippen molar-refractivity contribution < 1.29 is 8.78 Å². The molecule has 0 aliphatic rings. The molecule has 0 amide bonds. The average Bonchev–Trinajstić information content (AvgIpc) is 2.30. The lowest BCUT2D eigenvalue weighted by atomic mass is 10.2. The molecular weight excluding hydrogens is 405 g/mol. The zero-order valence-corrected chi connectivity index (χ0v) is 13.3. The second-order valence-corrected chi connectivity index (χ2v) is 5.86. The van der Waals surface area contributed by atoms with Crippen LogP contribution in [0.5, 0.6) is 0 Å². The number of rotatable bonds is 3. The van der Waals surface area contributed by atoms with Crippen molar-refractivity contribution in [3.63, 3.8) is 0 Å². The molecule has 2 aromatic rings. The van der Waals surface area contributed by atoms with Crippen LogP contribution in [0.25, 0.3) is 0 Å². The molecule has 0 unspecified atom stereocenters. The Balaban J connectivity index is 2.19. The quantitative estimate of drug-likeness (QED) is 0.754. The van der Waals surface area contributed by atoms with E-state index in [9.17, 15) is 8.78 Å². The first-order valence-corrected chi connectivity index (χ1v) is 7.12. The van der Waals surface area contributed by atoms with Crippen LogP contribution in [0.1, 0.15) is 5.69 Å². The zero-order valence-electron chi connectivity index (χ0n) is 9.35. The van der Waals surface area contributed by atoms with Crippen molar-refractivity contribution in [2.75, 3.05) is 5.32 Å². The van der Waals surface area contributed by atoms with Crippen molar-refractivity contribution in [1.82, 2.24) is 4.98 Å². The normalized spacial score (nSPS) is 10.6. The molecule has 1 N–H and O–H groups in total. The SMILES string of the molecule is Fc1cc(F)c(NCc2ncc(Br)cc2Br)c(Cl)c1. The largest absolute Gasteiger partial charge is 0.376 e. The van der Waals surface area contributed by atoms with E-state index < -0.39 is 11.6 Å². The number of halogens is 5. The second kappa shape index (κ2) is 6.15. The Morgan fingerprint density at radius 1 is 1.21 bits per heavy atom. The summed E-state index contributed by atoms with van der Waals surface area (Å²) in [4.78, 5) is 4.17. The topological polar surface area (TPSA) is 24.9 Å². The molecule has 2 rings (SSSR count). The van der Waals surface area contributed by atoms with Crippen LogP contribution < -0.4 is 5.32 Å². The van der Waals surface area contributed by atoms with E-state index in [1.165, 1.54) is 0 Å². The summed E-state index contributed by atoms with van der Waals surface area (Å²) in [6, 6.07) is 3.65. The first-order valence-electron chi connectivity index (χ1n) is 5.15. The van der Waals surface area contributed by atoms with E-state index in [1.54, 1.807) is 6.20 Å². The van der Waals surface area contributed by atoms with Gasteiger partial charge >= 0.3 is 0 Å². The number of benzene rings is 1. The van der Waals surface area contributed by atoms with Gasteiger partial charge in [0.25, 0.3) is 0 Å². The molecule has 0 aliphatic heterocycles. The summed E-state index contributed by atoms with van der Waals surface area (Å²) >= 11 is 12.4. The van der Waals surface area contributed by atoms with Gasteiger partial charge in [-0.15, -0.1) is 0 Å². The van der Waals surface area contributed by atoms with Crippen LogP contribution in [0.2, 0.25) is 5.02 Å². The summed E-state index contributed by atoms with van der Waals surface area (Å²) in [5, 5.41) is 2.80. The Hall–Kier alpha value is -0.720. The van der Waals surface area contributed by atoms with Crippen LogP contribution >= 0.6 is 43.5 Å². The van der Waals surface area contributed by atoms with Crippen LogP contribution in [0.15, 0.2) is 33.3 Å². The molecule has 0 radical (unpaired) electrons. The smallest absolute Gasteiger partial charge is 0.150 e. The zero-order chi connectivity index (χ0) is 14.0. The third-order valence-electron chi connectivity index (χ3n) is 2.32. The molecule has 0 bridgehead atoms. The highest BCUT2D eigenvalue weighted by molar-refractivity contribution is 9.11. The molecule has 0 aliphatic carbocycles. The van der Waals surface area contributed by atoms with E-state index in [0.29, 0.717) is 5.69 Å². The Labute approximate surface area is 130 Å². The Kier molecular flexibility index (Phi) is 4.76. The Bertz CT molecular complexity index is 600. The van der Waals surface area contributed by atoms with Gasteiger partial charge in [-0.3, -0.25) is 4.98 Å². The minimum Gasteiger partial charge on any atom is -0.376 e. The van der Waals surface area contributed by atoms with Gasteiger partial charge in [0.15, 0.2) is 5.82 Å². The molecule has 1 aromatic heterocycles. The van der Waals surface area contributed by atoms with Crippen molar-refractivity contribution >= 4 is 49.1 Å². The van der Waals surface area contributed by atoms with Gasteiger partial charge in [0, 0.05) is 21.2 Å². The van der Waals surface area contributed by atoms with Crippen molar-refractivity contribution in [1.29, 1.82) is 0 Å². The number of pyridine rings is 1. The molecular formula is C12H7Br2ClF2N2. The molecule has 0 spiro atoms. The Morgan fingerprint density at radius 3 is 2.58 bits per heavy atom. The molecule has 1 aromatic carbocycles. The van der Waals surface area contributed by atoms with Crippen LogP contribution in [-0.2, 0) is 6.54 Å². The lowest BCUT2D eigenvalue weighted by molar-refractivity contribution is 0.585. The summed E-state index contributed by atoms with van der Waals surface area (Å²) in [5.41, 5.74) is 0.739. The molecule has 19 heavy (non-hydrogen) atoms. The van der Waals surface area contributed by atoms with E-state index in [1.807, 2.05) is 6.07 Å². The van der Waals surface area contributed by atoms with Crippen LogP contribution in [0.4, 0.5) is 14.5 Å². The highest BCUT2D eigenvalue weighted by Crippen LogP contribution is 2.27. The first-order chi connectivity index (χ1) is 8.97. The van der Waals surface area contributed by atoms with Gasteiger partial charge in [0.2, 0.25) is 0 Å². The van der Waals surface area contributed by atoms with Crippen molar-refractivity contribution in [3.8, 4) is 0 Å². The van der Waals surface area contributed by atoms with Gasteiger partial charge in [-0.1, -0.05) is 11.6 Å². The number of nitrogens with zero attached hydrogens (tertiary/aromatic N) is 1. The number of hydrogen-bond donors (Lipinski definition) is 1. The van der Waals surface area contributed by atoms with E-state index in [4.69, 9.17) is 11.6 Å². The first kappa shape index (κ1) is 14.7. The molecule has 0 atom stereocenters. The highest BCUT2D eigenvalue weighted by atomic mass is 79.9. The van der Waals surface area contributed by atoms with E-state index in [-0.39, 0.29) is 17.3 Å². The van der Waals surface area contributed by atoms with Gasteiger partial charge < -0.3 is 5.32 Å². The second-order valence-electron chi connectivity index (χ2n) is 3.68. The maximum Gasteiger partial charge on any atom is 0.150 e. The maximum atomic E-state index is 13.6. The van der Waals surface area contributed by atoms with Gasteiger partial charge in [-0.25, -0.2) is 8.78 Å². The standard InChI is InChI=1S/C12H7Br2ClF2N2/c13-6-1-8(14)11(18-4-6)5-19-12-9(15)2-7(16)3-10(12)17/h1-4,19H,5H2. The molecule has 0 saturated heterocycles. The Morgan fingerprint density at radius 2 is 1.95 bits per heavy atom. The summed E-state index contributed by atoms with van der Waals surface area (Å²) in [6.45, 7) is 0.260. The van der Waals surface area contributed by atoms with Crippen molar-refractivity contribution in [2.45, 2.75) is 6.54 Å². The minimum absolute atomic E-state index is 0.00858.